The lowest BCUT2D eigenvalue weighted by Crippen LogP contribution is -2.44. The summed E-state index contributed by atoms with van der Waals surface area (Å²) in [7, 11) is 1.72. The topological polar surface area (TPSA) is 41.1 Å². The summed E-state index contributed by atoms with van der Waals surface area (Å²) in [5, 5.41) is 6.15. The van der Waals surface area contributed by atoms with Crippen molar-refractivity contribution in [2.45, 2.75) is 84.6 Å². The highest BCUT2D eigenvalue weighted by Gasteiger charge is 2.17. The summed E-state index contributed by atoms with van der Waals surface area (Å²) in [5.41, 5.74) is 0. The summed E-state index contributed by atoms with van der Waals surface area (Å²) >= 11 is 0. The maximum absolute atomic E-state index is 11.7. The van der Waals surface area contributed by atoms with E-state index in [-0.39, 0.29) is 11.9 Å². The molecule has 0 heterocycles. The maximum atomic E-state index is 11.7. The molecule has 0 aromatic heterocycles. The van der Waals surface area contributed by atoms with Gasteiger partial charge in [0.1, 0.15) is 0 Å². The predicted molar refractivity (Wildman–Crippen MR) is 87.9 cm³/mol. The molecule has 0 aromatic carbocycles. The van der Waals surface area contributed by atoms with Crippen LogP contribution in [0.4, 0.5) is 0 Å². The van der Waals surface area contributed by atoms with Crippen molar-refractivity contribution in [2.24, 2.45) is 5.92 Å². The lowest BCUT2D eigenvalue weighted by Gasteiger charge is -2.19. The van der Waals surface area contributed by atoms with Gasteiger partial charge in [-0.3, -0.25) is 4.79 Å². The fourth-order valence-corrected chi connectivity index (χ4v) is 2.46. The Balaban J connectivity index is 3.56. The lowest BCUT2D eigenvalue weighted by molar-refractivity contribution is -0.123. The predicted octanol–water partition coefficient (Wildman–Crippen LogP) is 3.88. The maximum Gasteiger partial charge on any atom is 0.236 e. The van der Waals surface area contributed by atoms with Crippen LogP contribution >= 0.6 is 0 Å². The highest BCUT2D eigenvalue weighted by molar-refractivity contribution is 5.81. The van der Waals surface area contributed by atoms with E-state index in [4.69, 9.17) is 0 Å². The van der Waals surface area contributed by atoms with Crippen molar-refractivity contribution in [1.82, 2.24) is 10.6 Å². The van der Waals surface area contributed by atoms with Crippen molar-refractivity contribution in [2.75, 3.05) is 13.6 Å². The molecule has 2 N–H and O–H groups in total. The third-order valence-corrected chi connectivity index (χ3v) is 3.69. The Kier molecular flexibility index (Phi) is 13.0. The lowest BCUT2D eigenvalue weighted by atomic mass is 10.0. The highest BCUT2D eigenvalue weighted by Crippen LogP contribution is 2.09. The van der Waals surface area contributed by atoms with Gasteiger partial charge in [0.15, 0.2) is 0 Å². The summed E-state index contributed by atoms with van der Waals surface area (Å²) in [6, 6.07) is -0.0236. The van der Waals surface area contributed by atoms with Gasteiger partial charge in [-0.05, 0) is 25.3 Å². The van der Waals surface area contributed by atoms with Gasteiger partial charge in [-0.25, -0.2) is 0 Å². The van der Waals surface area contributed by atoms with Crippen LogP contribution in [0, 0.1) is 5.92 Å². The number of unbranched alkanes of at least 4 members (excludes halogenated alkanes) is 7. The number of carbonyl (C=O) groups excluding carboxylic acids is 1. The number of hydrogen-bond acceptors (Lipinski definition) is 2. The van der Waals surface area contributed by atoms with Gasteiger partial charge in [0, 0.05) is 7.05 Å². The van der Waals surface area contributed by atoms with E-state index in [9.17, 15) is 4.79 Å². The first kappa shape index (κ1) is 19.4. The van der Waals surface area contributed by atoms with E-state index in [1.165, 1.54) is 51.4 Å². The second-order valence-electron chi connectivity index (χ2n) is 6.23. The van der Waals surface area contributed by atoms with E-state index in [1.807, 2.05) is 0 Å². The van der Waals surface area contributed by atoms with Gasteiger partial charge in [0.2, 0.25) is 5.91 Å². The molecule has 0 aromatic rings. The second-order valence-corrected chi connectivity index (χ2v) is 6.23. The number of amides is 1. The molecule has 0 saturated carbocycles. The van der Waals surface area contributed by atoms with Gasteiger partial charge >= 0.3 is 0 Å². The Bertz CT molecular complexity index is 229. The number of rotatable bonds is 13. The molecule has 20 heavy (non-hydrogen) atoms. The second kappa shape index (κ2) is 13.4. The summed E-state index contributed by atoms with van der Waals surface area (Å²) in [6.45, 7) is 7.54. The van der Waals surface area contributed by atoms with Crippen LogP contribution in [0.1, 0.15) is 78.6 Å². The fraction of sp³-hybridized carbons (Fsp3) is 0.941. The van der Waals surface area contributed by atoms with E-state index >= 15 is 0 Å². The van der Waals surface area contributed by atoms with Gasteiger partial charge in [0.25, 0.3) is 0 Å². The van der Waals surface area contributed by atoms with Crippen molar-refractivity contribution < 1.29 is 4.79 Å². The Morgan fingerprint density at radius 1 is 0.950 bits per heavy atom. The van der Waals surface area contributed by atoms with Crippen molar-refractivity contribution in [3.05, 3.63) is 0 Å². The zero-order valence-corrected chi connectivity index (χ0v) is 14.1. The van der Waals surface area contributed by atoms with Gasteiger partial charge in [-0.2, -0.15) is 0 Å². The molecule has 0 spiro atoms. The number of likely N-dealkylation sites (N-methyl/N-ethyl adjacent to an activating group) is 1. The average molecular weight is 284 g/mol. The van der Waals surface area contributed by atoms with Crippen LogP contribution in [-0.4, -0.2) is 25.5 Å². The fourth-order valence-electron chi connectivity index (χ4n) is 2.46. The molecule has 0 bridgehead atoms. The van der Waals surface area contributed by atoms with Crippen LogP contribution in [-0.2, 0) is 4.79 Å². The van der Waals surface area contributed by atoms with Gasteiger partial charge < -0.3 is 10.6 Å². The van der Waals surface area contributed by atoms with Crippen LogP contribution in [0.2, 0.25) is 0 Å². The standard InChI is InChI=1S/C17H36N2O/c1-5-6-7-8-9-10-11-12-13-19-16(14-15(2)3)17(20)18-4/h15-16,19H,5-14H2,1-4H3,(H,18,20). The monoisotopic (exact) mass is 284 g/mol. The minimum absolute atomic E-state index is 0.0236. The first-order valence-corrected chi connectivity index (χ1v) is 8.56. The Labute approximate surface area is 126 Å². The molecule has 0 fully saturated rings. The summed E-state index contributed by atoms with van der Waals surface area (Å²) in [5.74, 6) is 0.668. The third-order valence-electron chi connectivity index (χ3n) is 3.69. The van der Waals surface area contributed by atoms with Crippen molar-refractivity contribution in [1.29, 1.82) is 0 Å². The zero-order chi connectivity index (χ0) is 15.2. The van der Waals surface area contributed by atoms with Gasteiger partial charge in [-0.1, -0.05) is 65.7 Å². The van der Waals surface area contributed by atoms with Crippen LogP contribution in [0.25, 0.3) is 0 Å². The molecule has 0 aliphatic carbocycles. The highest BCUT2D eigenvalue weighted by atomic mass is 16.2. The van der Waals surface area contributed by atoms with Crippen molar-refractivity contribution in [3.63, 3.8) is 0 Å². The molecule has 0 aliphatic rings. The molecule has 0 rings (SSSR count). The van der Waals surface area contributed by atoms with E-state index in [0.29, 0.717) is 5.92 Å². The van der Waals surface area contributed by atoms with Gasteiger partial charge in [-0.15, -0.1) is 0 Å². The quantitative estimate of drug-likeness (QED) is 0.504. The molecule has 120 valence electrons. The summed E-state index contributed by atoms with van der Waals surface area (Å²) < 4.78 is 0. The molecule has 1 atom stereocenters. The summed E-state index contributed by atoms with van der Waals surface area (Å²) in [6.07, 6.45) is 11.5. The Hall–Kier alpha value is -0.570. The van der Waals surface area contributed by atoms with E-state index in [1.54, 1.807) is 7.05 Å². The van der Waals surface area contributed by atoms with E-state index in [0.717, 1.165) is 13.0 Å². The third kappa shape index (κ3) is 11.3. The van der Waals surface area contributed by atoms with Crippen LogP contribution in [0.3, 0.4) is 0 Å². The zero-order valence-electron chi connectivity index (χ0n) is 14.1. The van der Waals surface area contributed by atoms with Crippen LogP contribution < -0.4 is 10.6 Å². The molecule has 0 saturated heterocycles. The normalized spacial score (nSPS) is 12.7. The molecule has 1 amide bonds. The SMILES string of the molecule is CCCCCCCCCCNC(CC(C)C)C(=O)NC. The van der Waals surface area contributed by atoms with E-state index in [2.05, 4.69) is 31.4 Å². The number of hydrogen-bond donors (Lipinski definition) is 2. The van der Waals surface area contributed by atoms with Crippen LogP contribution in [0.15, 0.2) is 0 Å². The first-order chi connectivity index (χ1) is 9.61. The molecule has 0 aliphatic heterocycles. The number of nitrogens with one attached hydrogen (secondary N) is 2. The molecular formula is C17H36N2O. The molecular weight excluding hydrogens is 248 g/mol. The minimum Gasteiger partial charge on any atom is -0.358 e. The largest absolute Gasteiger partial charge is 0.358 e. The Morgan fingerprint density at radius 2 is 1.50 bits per heavy atom. The molecule has 3 heteroatoms. The molecule has 1 unspecified atom stereocenters. The average Bonchev–Trinajstić information content (AvgIpc) is 2.43. The molecule has 0 radical (unpaired) electrons. The van der Waals surface area contributed by atoms with Gasteiger partial charge in [0.05, 0.1) is 6.04 Å². The minimum atomic E-state index is -0.0236. The van der Waals surface area contributed by atoms with Crippen LogP contribution in [0.5, 0.6) is 0 Å². The Morgan fingerprint density at radius 3 is 2.00 bits per heavy atom. The smallest absolute Gasteiger partial charge is 0.236 e. The van der Waals surface area contributed by atoms with Crippen molar-refractivity contribution in [3.8, 4) is 0 Å². The number of carbonyl (C=O) groups is 1. The molecule has 3 nitrogen and oxygen atoms in total. The first-order valence-electron chi connectivity index (χ1n) is 8.56. The van der Waals surface area contributed by atoms with Crippen molar-refractivity contribution >= 4 is 5.91 Å². The summed E-state index contributed by atoms with van der Waals surface area (Å²) in [4.78, 5) is 11.7. The van der Waals surface area contributed by atoms with E-state index < -0.39 is 0 Å².